The SMILES string of the molecule is O=CC1O[C@H](COCc2ccccc2)[C@@H](COCc2ccccc2)O1. The van der Waals surface area contributed by atoms with Crippen molar-refractivity contribution in [3.63, 3.8) is 0 Å². The molecule has 1 fully saturated rings. The molecular formula is C20H22O5. The second-order valence-corrected chi connectivity index (χ2v) is 5.85. The maximum atomic E-state index is 11.0. The number of carbonyl (C=O) groups is 1. The fourth-order valence-electron chi connectivity index (χ4n) is 2.64. The first kappa shape index (κ1) is 17.8. The van der Waals surface area contributed by atoms with Gasteiger partial charge in [-0.1, -0.05) is 60.7 Å². The highest BCUT2D eigenvalue weighted by Gasteiger charge is 2.36. The van der Waals surface area contributed by atoms with Crippen LogP contribution in [0.15, 0.2) is 60.7 Å². The molecule has 1 saturated heterocycles. The van der Waals surface area contributed by atoms with Gasteiger partial charge in [-0.2, -0.15) is 0 Å². The molecule has 132 valence electrons. The zero-order chi connectivity index (χ0) is 17.3. The van der Waals surface area contributed by atoms with Gasteiger partial charge < -0.3 is 18.9 Å². The summed E-state index contributed by atoms with van der Waals surface area (Å²) in [5, 5.41) is 0. The fraction of sp³-hybridized carbons (Fsp3) is 0.350. The Morgan fingerprint density at radius 3 is 1.60 bits per heavy atom. The first-order valence-corrected chi connectivity index (χ1v) is 8.34. The fourth-order valence-corrected chi connectivity index (χ4v) is 2.64. The number of aldehydes is 1. The summed E-state index contributed by atoms with van der Waals surface area (Å²) in [5.41, 5.74) is 2.18. The molecule has 0 N–H and O–H groups in total. The van der Waals surface area contributed by atoms with Crippen LogP contribution in [0.25, 0.3) is 0 Å². The zero-order valence-electron chi connectivity index (χ0n) is 14.0. The molecular weight excluding hydrogens is 320 g/mol. The number of hydrogen-bond acceptors (Lipinski definition) is 5. The molecule has 0 amide bonds. The molecule has 0 saturated carbocycles. The van der Waals surface area contributed by atoms with Crippen LogP contribution in [0.4, 0.5) is 0 Å². The third-order valence-corrected chi connectivity index (χ3v) is 3.93. The largest absolute Gasteiger partial charge is 0.374 e. The van der Waals surface area contributed by atoms with Gasteiger partial charge in [0.2, 0.25) is 6.29 Å². The third-order valence-electron chi connectivity index (χ3n) is 3.93. The van der Waals surface area contributed by atoms with Crippen LogP contribution in [0, 0.1) is 0 Å². The van der Waals surface area contributed by atoms with Gasteiger partial charge in [-0.3, -0.25) is 4.79 Å². The summed E-state index contributed by atoms with van der Waals surface area (Å²) >= 11 is 0. The van der Waals surface area contributed by atoms with Crippen molar-refractivity contribution in [1.82, 2.24) is 0 Å². The Hall–Kier alpha value is -2.05. The molecule has 2 aromatic rings. The van der Waals surface area contributed by atoms with Gasteiger partial charge in [0.1, 0.15) is 12.2 Å². The smallest absolute Gasteiger partial charge is 0.215 e. The molecule has 0 aliphatic carbocycles. The summed E-state index contributed by atoms with van der Waals surface area (Å²) in [4.78, 5) is 11.0. The third kappa shape index (κ3) is 5.47. The quantitative estimate of drug-likeness (QED) is 0.656. The van der Waals surface area contributed by atoms with Crippen LogP contribution in [-0.2, 0) is 37.0 Å². The van der Waals surface area contributed by atoms with E-state index in [4.69, 9.17) is 18.9 Å². The van der Waals surface area contributed by atoms with Crippen molar-refractivity contribution in [3.8, 4) is 0 Å². The van der Waals surface area contributed by atoms with E-state index in [0.29, 0.717) is 32.7 Å². The van der Waals surface area contributed by atoms with Crippen molar-refractivity contribution in [2.45, 2.75) is 31.7 Å². The van der Waals surface area contributed by atoms with E-state index in [1.807, 2.05) is 60.7 Å². The molecule has 0 spiro atoms. The van der Waals surface area contributed by atoms with Crippen LogP contribution in [-0.4, -0.2) is 38.0 Å². The lowest BCUT2D eigenvalue weighted by molar-refractivity contribution is -0.136. The summed E-state index contributed by atoms with van der Waals surface area (Å²) in [6, 6.07) is 19.8. The highest BCUT2D eigenvalue weighted by Crippen LogP contribution is 2.20. The number of benzene rings is 2. The monoisotopic (exact) mass is 342 g/mol. The van der Waals surface area contributed by atoms with E-state index < -0.39 is 6.29 Å². The topological polar surface area (TPSA) is 54.0 Å². The summed E-state index contributed by atoms with van der Waals surface area (Å²) in [6.07, 6.45) is -0.846. The van der Waals surface area contributed by atoms with Crippen molar-refractivity contribution < 1.29 is 23.7 Å². The van der Waals surface area contributed by atoms with Gasteiger partial charge in [0.05, 0.1) is 26.4 Å². The van der Waals surface area contributed by atoms with Gasteiger partial charge in [-0.25, -0.2) is 0 Å². The molecule has 5 nitrogen and oxygen atoms in total. The summed E-state index contributed by atoms with van der Waals surface area (Å²) in [5.74, 6) is 0. The predicted octanol–water partition coefficient (Wildman–Crippen LogP) is 2.73. The lowest BCUT2D eigenvalue weighted by Gasteiger charge is -2.17. The number of carbonyl (C=O) groups excluding carboxylic acids is 1. The molecule has 2 aromatic carbocycles. The van der Waals surface area contributed by atoms with Crippen molar-refractivity contribution >= 4 is 6.29 Å². The van der Waals surface area contributed by atoms with Gasteiger partial charge in [-0.15, -0.1) is 0 Å². The molecule has 0 bridgehead atoms. The van der Waals surface area contributed by atoms with E-state index in [1.165, 1.54) is 0 Å². The van der Waals surface area contributed by atoms with E-state index >= 15 is 0 Å². The maximum absolute atomic E-state index is 11.0. The Bertz CT molecular complexity index is 578. The first-order valence-electron chi connectivity index (χ1n) is 8.34. The van der Waals surface area contributed by atoms with E-state index in [1.54, 1.807) is 0 Å². The minimum atomic E-state index is -0.851. The lowest BCUT2D eigenvalue weighted by atomic mass is 10.2. The Morgan fingerprint density at radius 1 is 0.760 bits per heavy atom. The Kier molecular flexibility index (Phi) is 6.71. The lowest BCUT2D eigenvalue weighted by Crippen LogP contribution is -2.31. The Labute approximate surface area is 147 Å². The highest BCUT2D eigenvalue weighted by molar-refractivity contribution is 5.54. The van der Waals surface area contributed by atoms with Gasteiger partial charge in [0.25, 0.3) is 0 Å². The molecule has 3 rings (SSSR count). The molecule has 2 atom stereocenters. The minimum absolute atomic E-state index is 0.324. The van der Waals surface area contributed by atoms with Crippen LogP contribution in [0.5, 0.6) is 0 Å². The average Bonchev–Trinajstić information content (AvgIpc) is 3.06. The predicted molar refractivity (Wildman–Crippen MR) is 91.8 cm³/mol. The van der Waals surface area contributed by atoms with Crippen molar-refractivity contribution in [1.29, 1.82) is 0 Å². The van der Waals surface area contributed by atoms with Gasteiger partial charge in [0.15, 0.2) is 6.29 Å². The highest BCUT2D eigenvalue weighted by atomic mass is 16.7. The Balaban J connectivity index is 1.45. The minimum Gasteiger partial charge on any atom is -0.374 e. The summed E-state index contributed by atoms with van der Waals surface area (Å²) in [6.45, 7) is 1.67. The van der Waals surface area contributed by atoms with Gasteiger partial charge in [0, 0.05) is 0 Å². The van der Waals surface area contributed by atoms with Crippen LogP contribution < -0.4 is 0 Å². The molecule has 1 aliphatic rings. The molecule has 5 heteroatoms. The van der Waals surface area contributed by atoms with E-state index in [-0.39, 0.29) is 12.2 Å². The van der Waals surface area contributed by atoms with Crippen molar-refractivity contribution in [3.05, 3.63) is 71.8 Å². The van der Waals surface area contributed by atoms with Gasteiger partial charge in [-0.05, 0) is 11.1 Å². The van der Waals surface area contributed by atoms with E-state index in [9.17, 15) is 4.79 Å². The zero-order valence-corrected chi connectivity index (χ0v) is 14.0. The van der Waals surface area contributed by atoms with Gasteiger partial charge >= 0.3 is 0 Å². The molecule has 1 heterocycles. The Morgan fingerprint density at radius 2 is 1.20 bits per heavy atom. The maximum Gasteiger partial charge on any atom is 0.215 e. The number of rotatable bonds is 9. The van der Waals surface area contributed by atoms with Crippen molar-refractivity contribution in [2.75, 3.05) is 13.2 Å². The van der Waals surface area contributed by atoms with E-state index in [2.05, 4.69) is 0 Å². The molecule has 0 unspecified atom stereocenters. The normalized spacial score (nSPS) is 20.6. The number of ether oxygens (including phenoxy) is 4. The van der Waals surface area contributed by atoms with E-state index in [0.717, 1.165) is 11.1 Å². The van der Waals surface area contributed by atoms with Crippen LogP contribution in [0.3, 0.4) is 0 Å². The molecule has 1 aliphatic heterocycles. The number of hydrogen-bond donors (Lipinski definition) is 0. The summed E-state index contributed by atoms with van der Waals surface area (Å²) in [7, 11) is 0. The molecule has 0 aromatic heterocycles. The van der Waals surface area contributed by atoms with Crippen molar-refractivity contribution in [2.24, 2.45) is 0 Å². The summed E-state index contributed by atoms with van der Waals surface area (Å²) < 4.78 is 22.6. The second-order valence-electron chi connectivity index (χ2n) is 5.85. The second kappa shape index (κ2) is 9.44. The molecule has 25 heavy (non-hydrogen) atoms. The standard InChI is InChI=1S/C20H22O5/c21-11-20-24-18(14-22-12-16-7-3-1-4-8-16)19(25-20)15-23-13-17-9-5-2-6-10-17/h1-11,18-20H,12-15H2/t18-,19-/m1/s1. The molecule has 0 radical (unpaired) electrons. The first-order chi connectivity index (χ1) is 12.3. The average molecular weight is 342 g/mol. The van der Waals surface area contributed by atoms with Crippen LogP contribution >= 0.6 is 0 Å². The van der Waals surface area contributed by atoms with Crippen LogP contribution in [0.2, 0.25) is 0 Å². The van der Waals surface area contributed by atoms with Crippen LogP contribution in [0.1, 0.15) is 11.1 Å².